The van der Waals surface area contributed by atoms with Crippen molar-refractivity contribution in [2.24, 2.45) is 11.8 Å². The first-order valence-electron chi connectivity index (χ1n) is 11.0. The first-order chi connectivity index (χ1) is 13.4. The number of hydrogen-bond acceptors (Lipinski definition) is 4. The van der Waals surface area contributed by atoms with E-state index in [0.717, 1.165) is 44.5 Å². The number of ketones is 2. The van der Waals surface area contributed by atoms with E-state index in [-0.39, 0.29) is 17.6 Å². The van der Waals surface area contributed by atoms with Gasteiger partial charge in [-0.05, 0) is 43.9 Å². The lowest BCUT2D eigenvalue weighted by Gasteiger charge is -2.34. The average Bonchev–Trinajstić information content (AvgIpc) is 3.26. The smallest absolute Gasteiger partial charge is 0.165 e. The second-order valence-electron chi connectivity index (χ2n) is 9.07. The van der Waals surface area contributed by atoms with Gasteiger partial charge in [0.25, 0.3) is 0 Å². The number of rotatable bonds is 10. The Morgan fingerprint density at radius 1 is 1.11 bits per heavy atom. The van der Waals surface area contributed by atoms with Gasteiger partial charge >= 0.3 is 0 Å². The molecule has 2 fully saturated rings. The molecular weight excluding hydrogens is 348 g/mol. The van der Waals surface area contributed by atoms with Crippen LogP contribution in [0, 0.1) is 11.8 Å². The predicted molar refractivity (Wildman–Crippen MR) is 114 cm³/mol. The molecule has 2 heterocycles. The number of aryl methyl sites for hydroxylation is 1. The predicted octanol–water partition coefficient (Wildman–Crippen LogP) is 3.83. The molecule has 2 aliphatic rings. The van der Waals surface area contributed by atoms with Crippen LogP contribution in [0.4, 0.5) is 0 Å². The van der Waals surface area contributed by atoms with Crippen LogP contribution in [0.1, 0.15) is 62.9 Å². The van der Waals surface area contributed by atoms with Gasteiger partial charge in [0.1, 0.15) is 5.78 Å². The lowest BCUT2D eigenvalue weighted by molar-refractivity contribution is -0.124. The van der Waals surface area contributed by atoms with E-state index < -0.39 is 0 Å². The van der Waals surface area contributed by atoms with Crippen molar-refractivity contribution in [2.45, 2.75) is 65.5 Å². The molecule has 0 saturated carbocycles. The molecule has 1 aromatic carbocycles. The quantitative estimate of drug-likeness (QED) is 0.575. The molecule has 1 aromatic rings. The van der Waals surface area contributed by atoms with Crippen molar-refractivity contribution in [2.75, 3.05) is 26.2 Å². The Balaban J connectivity index is 1.44. The number of carbonyl (C=O) groups excluding carboxylic acids is 2. The van der Waals surface area contributed by atoms with Crippen LogP contribution in [-0.4, -0.2) is 59.6 Å². The molecule has 154 valence electrons. The Labute approximate surface area is 170 Å². The van der Waals surface area contributed by atoms with Crippen molar-refractivity contribution in [3.8, 4) is 0 Å². The summed E-state index contributed by atoms with van der Waals surface area (Å²) in [5, 5.41) is 0. The number of piperazine rings is 1. The Kier molecular flexibility index (Phi) is 7.05. The van der Waals surface area contributed by atoms with Gasteiger partial charge in [0.05, 0.1) is 6.54 Å². The summed E-state index contributed by atoms with van der Waals surface area (Å²) in [6.07, 6.45) is 4.29. The summed E-state index contributed by atoms with van der Waals surface area (Å²) in [4.78, 5) is 29.5. The van der Waals surface area contributed by atoms with E-state index in [1.165, 1.54) is 12.0 Å². The molecule has 4 heteroatoms. The molecule has 0 spiro atoms. The van der Waals surface area contributed by atoms with Crippen molar-refractivity contribution in [3.05, 3.63) is 35.4 Å². The van der Waals surface area contributed by atoms with E-state index in [1.54, 1.807) is 0 Å². The molecule has 2 saturated heterocycles. The average molecular weight is 385 g/mol. The molecule has 0 radical (unpaired) electrons. The second-order valence-corrected chi connectivity index (χ2v) is 9.07. The third-order valence-electron chi connectivity index (χ3n) is 6.64. The Bertz CT molecular complexity index is 700. The van der Waals surface area contributed by atoms with Gasteiger partial charge in [-0.3, -0.25) is 19.4 Å². The third kappa shape index (κ3) is 4.90. The Morgan fingerprint density at radius 2 is 1.82 bits per heavy atom. The molecule has 0 aliphatic carbocycles. The van der Waals surface area contributed by atoms with Crippen molar-refractivity contribution in [3.63, 3.8) is 0 Å². The summed E-state index contributed by atoms with van der Waals surface area (Å²) < 4.78 is 0. The van der Waals surface area contributed by atoms with E-state index in [1.807, 2.05) is 32.9 Å². The summed E-state index contributed by atoms with van der Waals surface area (Å²) in [6.45, 7) is 11.9. The summed E-state index contributed by atoms with van der Waals surface area (Å²) in [7, 11) is 0. The SMILES string of the molecule is CCC(C)C(=O)CN1C[C@@H]2C[C@H]1CN2CCCc1cccc(C(=O)C(C)C)c1. The minimum absolute atomic E-state index is 0.0468. The van der Waals surface area contributed by atoms with E-state index in [2.05, 4.69) is 28.9 Å². The number of carbonyl (C=O) groups is 2. The van der Waals surface area contributed by atoms with Gasteiger partial charge in [0.15, 0.2) is 5.78 Å². The van der Waals surface area contributed by atoms with E-state index >= 15 is 0 Å². The molecule has 28 heavy (non-hydrogen) atoms. The zero-order chi connectivity index (χ0) is 20.3. The van der Waals surface area contributed by atoms with Crippen LogP contribution in [-0.2, 0) is 11.2 Å². The summed E-state index contributed by atoms with van der Waals surface area (Å²) in [6, 6.07) is 9.32. The van der Waals surface area contributed by atoms with Gasteiger partial charge in [-0.15, -0.1) is 0 Å². The largest absolute Gasteiger partial charge is 0.298 e. The molecule has 0 aromatic heterocycles. The highest BCUT2D eigenvalue weighted by molar-refractivity contribution is 5.97. The van der Waals surface area contributed by atoms with Crippen LogP contribution in [0.3, 0.4) is 0 Å². The normalized spacial score (nSPS) is 23.5. The topological polar surface area (TPSA) is 40.6 Å². The first-order valence-corrected chi connectivity index (χ1v) is 11.0. The van der Waals surface area contributed by atoms with Gasteiger partial charge < -0.3 is 0 Å². The van der Waals surface area contributed by atoms with Crippen LogP contribution in [0.5, 0.6) is 0 Å². The fourth-order valence-corrected chi connectivity index (χ4v) is 4.58. The van der Waals surface area contributed by atoms with Crippen molar-refractivity contribution >= 4 is 11.6 Å². The number of fused-ring (bicyclic) bond motifs is 2. The monoisotopic (exact) mass is 384 g/mol. The molecule has 4 nitrogen and oxygen atoms in total. The van der Waals surface area contributed by atoms with Crippen LogP contribution < -0.4 is 0 Å². The zero-order valence-electron chi connectivity index (χ0n) is 18.0. The maximum atomic E-state index is 12.3. The van der Waals surface area contributed by atoms with E-state index in [9.17, 15) is 9.59 Å². The third-order valence-corrected chi connectivity index (χ3v) is 6.64. The van der Waals surface area contributed by atoms with E-state index in [0.29, 0.717) is 24.4 Å². The summed E-state index contributed by atoms with van der Waals surface area (Å²) in [5.74, 6) is 0.863. The molecule has 0 amide bonds. The zero-order valence-corrected chi connectivity index (χ0v) is 18.0. The van der Waals surface area contributed by atoms with Gasteiger partial charge in [0.2, 0.25) is 0 Å². The highest BCUT2D eigenvalue weighted by Crippen LogP contribution is 2.31. The maximum Gasteiger partial charge on any atom is 0.165 e. The number of Topliss-reactive ketones (excluding diaryl/α,β-unsaturated/α-hetero) is 2. The van der Waals surface area contributed by atoms with Gasteiger partial charge in [-0.1, -0.05) is 45.9 Å². The van der Waals surface area contributed by atoms with Gasteiger partial charge in [-0.2, -0.15) is 0 Å². The van der Waals surface area contributed by atoms with Crippen molar-refractivity contribution in [1.82, 2.24) is 9.80 Å². The molecule has 1 unspecified atom stereocenters. The van der Waals surface area contributed by atoms with Gasteiger partial charge in [-0.25, -0.2) is 0 Å². The highest BCUT2D eigenvalue weighted by atomic mass is 16.1. The van der Waals surface area contributed by atoms with Crippen LogP contribution in [0.2, 0.25) is 0 Å². The summed E-state index contributed by atoms with van der Waals surface area (Å²) in [5.41, 5.74) is 2.10. The minimum Gasteiger partial charge on any atom is -0.298 e. The maximum absolute atomic E-state index is 12.3. The lowest BCUT2D eigenvalue weighted by atomic mass is 9.98. The number of hydrogen-bond donors (Lipinski definition) is 0. The van der Waals surface area contributed by atoms with E-state index in [4.69, 9.17) is 0 Å². The number of benzene rings is 1. The highest BCUT2D eigenvalue weighted by Gasteiger charge is 2.43. The van der Waals surface area contributed by atoms with Gasteiger partial charge in [0, 0.05) is 42.6 Å². The Hall–Kier alpha value is -1.52. The Morgan fingerprint density at radius 3 is 2.46 bits per heavy atom. The number of likely N-dealkylation sites (tertiary alicyclic amines) is 2. The molecule has 3 atom stereocenters. The van der Waals surface area contributed by atoms with Crippen molar-refractivity contribution in [1.29, 1.82) is 0 Å². The first kappa shape index (κ1) is 21.2. The minimum atomic E-state index is 0.0468. The standard InChI is InChI=1S/C24H36N2O2/c1-5-18(4)23(27)16-26-15-21-13-22(26)14-25(21)11-7-9-19-8-6-10-20(12-19)24(28)17(2)3/h6,8,10,12,17-18,21-22H,5,7,9,11,13-16H2,1-4H3/t18?,21-,22-/m0/s1. The number of nitrogens with zero attached hydrogens (tertiary/aromatic N) is 2. The van der Waals surface area contributed by atoms with Crippen molar-refractivity contribution < 1.29 is 9.59 Å². The molecule has 2 bridgehead atoms. The fourth-order valence-electron chi connectivity index (χ4n) is 4.58. The van der Waals surface area contributed by atoms with Crippen LogP contribution in [0.15, 0.2) is 24.3 Å². The fraction of sp³-hybridized carbons (Fsp3) is 0.667. The lowest BCUT2D eigenvalue weighted by Crippen LogP contribution is -2.48. The second kappa shape index (κ2) is 9.32. The molecular formula is C24H36N2O2. The molecule has 2 aliphatic heterocycles. The molecule has 0 N–H and O–H groups in total. The molecule has 3 rings (SSSR count). The van der Waals surface area contributed by atoms with Crippen LogP contribution in [0.25, 0.3) is 0 Å². The summed E-state index contributed by atoms with van der Waals surface area (Å²) >= 11 is 0. The van der Waals surface area contributed by atoms with Crippen LogP contribution >= 0.6 is 0 Å².